The van der Waals surface area contributed by atoms with Crippen molar-refractivity contribution in [3.8, 4) is 0 Å². The number of halogens is 2. The molecule has 2 N–H and O–H groups in total. The molecule has 0 spiro atoms. The molecule has 0 saturated heterocycles. The normalized spacial score (nSPS) is 11.9. The van der Waals surface area contributed by atoms with Crippen LogP contribution in [-0.4, -0.2) is 23.2 Å². The Morgan fingerprint density at radius 2 is 1.22 bits per heavy atom. The number of nitrogens with zero attached hydrogens (tertiary/aromatic N) is 2. The second kappa shape index (κ2) is 10.1. The minimum Gasteiger partial charge on any atom is -0.273 e. The van der Waals surface area contributed by atoms with Crippen LogP contribution in [-0.2, 0) is 9.59 Å². The van der Waals surface area contributed by atoms with E-state index in [2.05, 4.69) is 52.9 Å². The summed E-state index contributed by atoms with van der Waals surface area (Å²) in [4.78, 5) is 23.7. The number of hydrazone groups is 2. The van der Waals surface area contributed by atoms with Crippen LogP contribution in [0.5, 0.6) is 0 Å². The Bertz CT molecular complexity index is 837. The topological polar surface area (TPSA) is 82.9 Å². The summed E-state index contributed by atoms with van der Waals surface area (Å²) in [6.45, 7) is 3.54. The molecule has 0 aliphatic rings. The summed E-state index contributed by atoms with van der Waals surface area (Å²) in [5, 5.41) is 8.03. The molecule has 2 aromatic rings. The zero-order chi connectivity index (χ0) is 19.8. The summed E-state index contributed by atoms with van der Waals surface area (Å²) in [6, 6.07) is 15.1. The highest BCUT2D eigenvalue weighted by atomic mass is 79.9. The zero-order valence-corrected chi connectivity index (χ0v) is 18.0. The number of amides is 2. The van der Waals surface area contributed by atoms with Crippen LogP contribution in [0.4, 0.5) is 0 Å². The largest absolute Gasteiger partial charge is 0.273 e. The molecule has 0 bridgehead atoms. The molecule has 0 radical (unpaired) electrons. The highest BCUT2D eigenvalue weighted by Crippen LogP contribution is 2.13. The fraction of sp³-hybridized carbons (Fsp3) is 0.158. The number of carbonyl (C=O) groups excluding carboxylic acids is 2. The predicted octanol–water partition coefficient (Wildman–Crippen LogP) is 3.98. The van der Waals surface area contributed by atoms with Crippen LogP contribution in [0.2, 0.25) is 0 Å². The molecule has 2 rings (SSSR count). The minimum atomic E-state index is -0.517. The first-order chi connectivity index (χ1) is 12.8. The van der Waals surface area contributed by atoms with Crippen molar-refractivity contribution in [2.75, 3.05) is 0 Å². The number of carbonyl (C=O) groups is 2. The van der Waals surface area contributed by atoms with E-state index >= 15 is 0 Å². The standard InChI is InChI=1S/C19H18Br2N4O2/c1-12(14-5-3-7-16(20)9-14)22-24-18(26)11-19(27)25-23-13(2)15-6-4-8-17(21)10-15/h3-10H,11H2,1-2H3,(H,24,26)(H,25,27)/b22-12+,23-13+. The van der Waals surface area contributed by atoms with Gasteiger partial charge in [-0.2, -0.15) is 10.2 Å². The van der Waals surface area contributed by atoms with Gasteiger partial charge >= 0.3 is 0 Å². The smallest absolute Gasteiger partial charge is 0.249 e. The van der Waals surface area contributed by atoms with E-state index in [1.165, 1.54) is 0 Å². The van der Waals surface area contributed by atoms with E-state index in [1.54, 1.807) is 13.8 Å². The van der Waals surface area contributed by atoms with E-state index in [0.717, 1.165) is 20.1 Å². The molecule has 0 atom stereocenters. The third-order valence-electron chi connectivity index (χ3n) is 3.50. The van der Waals surface area contributed by atoms with Crippen LogP contribution in [0.3, 0.4) is 0 Å². The average molecular weight is 494 g/mol. The molecule has 6 nitrogen and oxygen atoms in total. The summed E-state index contributed by atoms with van der Waals surface area (Å²) in [5.74, 6) is -1.03. The number of nitrogens with one attached hydrogen (secondary N) is 2. The maximum Gasteiger partial charge on any atom is 0.249 e. The third kappa shape index (κ3) is 7.07. The van der Waals surface area contributed by atoms with Gasteiger partial charge in [-0.05, 0) is 49.2 Å². The number of hydrogen-bond acceptors (Lipinski definition) is 4. The molecule has 2 aromatic carbocycles. The van der Waals surface area contributed by atoms with Gasteiger partial charge in [0, 0.05) is 8.95 Å². The fourth-order valence-corrected chi connectivity index (χ4v) is 2.87. The molecule has 0 unspecified atom stereocenters. The van der Waals surface area contributed by atoms with Crippen molar-refractivity contribution in [3.05, 3.63) is 68.6 Å². The van der Waals surface area contributed by atoms with Gasteiger partial charge in [0.05, 0.1) is 11.4 Å². The number of benzene rings is 2. The van der Waals surface area contributed by atoms with Crippen LogP contribution < -0.4 is 10.9 Å². The van der Waals surface area contributed by atoms with E-state index in [4.69, 9.17) is 0 Å². The van der Waals surface area contributed by atoms with Crippen LogP contribution >= 0.6 is 31.9 Å². The number of hydrogen-bond donors (Lipinski definition) is 2. The van der Waals surface area contributed by atoms with Crippen molar-refractivity contribution in [2.45, 2.75) is 20.3 Å². The summed E-state index contributed by atoms with van der Waals surface area (Å²) < 4.78 is 1.83. The molecular weight excluding hydrogens is 476 g/mol. The first-order valence-electron chi connectivity index (χ1n) is 8.03. The third-order valence-corrected chi connectivity index (χ3v) is 4.49. The van der Waals surface area contributed by atoms with Gasteiger partial charge in [-0.25, -0.2) is 10.9 Å². The van der Waals surface area contributed by atoms with Gasteiger partial charge in [0.25, 0.3) is 0 Å². The van der Waals surface area contributed by atoms with Crippen LogP contribution in [0.15, 0.2) is 67.7 Å². The molecule has 0 fully saturated rings. The molecule has 140 valence electrons. The SMILES string of the molecule is C/C(=N\NC(=O)CC(=O)N/N=C(\C)c1cccc(Br)c1)c1cccc(Br)c1. The molecule has 0 aliphatic heterocycles. The summed E-state index contributed by atoms with van der Waals surface area (Å²) >= 11 is 6.77. The van der Waals surface area contributed by atoms with Crippen LogP contribution in [0.25, 0.3) is 0 Å². The minimum absolute atomic E-state index is 0.371. The summed E-state index contributed by atoms with van der Waals surface area (Å²) in [6.07, 6.45) is -0.371. The zero-order valence-electron chi connectivity index (χ0n) is 14.8. The van der Waals surface area contributed by atoms with Gasteiger partial charge in [0.1, 0.15) is 6.42 Å². The lowest BCUT2D eigenvalue weighted by Gasteiger charge is -2.04. The van der Waals surface area contributed by atoms with E-state index in [-0.39, 0.29) is 6.42 Å². The van der Waals surface area contributed by atoms with Gasteiger partial charge in [0.15, 0.2) is 0 Å². The first kappa shape index (κ1) is 21.0. The average Bonchev–Trinajstić information content (AvgIpc) is 2.64. The van der Waals surface area contributed by atoms with Crippen molar-refractivity contribution < 1.29 is 9.59 Å². The molecule has 27 heavy (non-hydrogen) atoms. The Labute approximate surface area is 174 Å². The summed E-state index contributed by atoms with van der Waals surface area (Å²) in [5.41, 5.74) is 7.75. The fourth-order valence-electron chi connectivity index (χ4n) is 2.07. The molecule has 0 aromatic heterocycles. The van der Waals surface area contributed by atoms with Gasteiger partial charge < -0.3 is 0 Å². The van der Waals surface area contributed by atoms with E-state index in [0.29, 0.717) is 11.4 Å². The molecule has 0 saturated carbocycles. The Balaban J connectivity index is 1.87. The number of rotatable bonds is 6. The van der Waals surface area contributed by atoms with Crippen molar-refractivity contribution >= 4 is 55.1 Å². The van der Waals surface area contributed by atoms with Crippen LogP contribution in [0, 0.1) is 0 Å². The second-order valence-electron chi connectivity index (χ2n) is 5.66. The van der Waals surface area contributed by atoms with Gasteiger partial charge in [-0.3, -0.25) is 9.59 Å². The van der Waals surface area contributed by atoms with Gasteiger partial charge in [-0.15, -0.1) is 0 Å². The van der Waals surface area contributed by atoms with Crippen molar-refractivity contribution in [1.29, 1.82) is 0 Å². The second-order valence-corrected chi connectivity index (χ2v) is 7.49. The first-order valence-corrected chi connectivity index (χ1v) is 9.62. The molecule has 0 aliphatic carbocycles. The lowest BCUT2D eigenvalue weighted by Crippen LogP contribution is -2.28. The lowest BCUT2D eigenvalue weighted by atomic mass is 10.1. The molecular formula is C19H18Br2N4O2. The summed E-state index contributed by atoms with van der Waals surface area (Å²) in [7, 11) is 0. The predicted molar refractivity (Wildman–Crippen MR) is 114 cm³/mol. The maximum absolute atomic E-state index is 11.9. The molecule has 2 amide bonds. The Morgan fingerprint density at radius 1 is 0.815 bits per heavy atom. The monoisotopic (exact) mass is 492 g/mol. The Kier molecular flexibility index (Phi) is 7.87. The van der Waals surface area contributed by atoms with E-state index < -0.39 is 11.8 Å². The maximum atomic E-state index is 11.9. The van der Waals surface area contributed by atoms with E-state index in [1.807, 2.05) is 48.5 Å². The molecule has 0 heterocycles. The highest BCUT2D eigenvalue weighted by molar-refractivity contribution is 9.10. The van der Waals surface area contributed by atoms with Crippen LogP contribution in [0.1, 0.15) is 31.4 Å². The lowest BCUT2D eigenvalue weighted by molar-refractivity contribution is -0.129. The Hall–Kier alpha value is -2.32. The highest BCUT2D eigenvalue weighted by Gasteiger charge is 2.09. The van der Waals surface area contributed by atoms with Crippen molar-refractivity contribution in [2.24, 2.45) is 10.2 Å². The molecule has 8 heteroatoms. The van der Waals surface area contributed by atoms with Crippen molar-refractivity contribution in [3.63, 3.8) is 0 Å². The van der Waals surface area contributed by atoms with Gasteiger partial charge in [-0.1, -0.05) is 56.1 Å². The van der Waals surface area contributed by atoms with E-state index in [9.17, 15) is 9.59 Å². The Morgan fingerprint density at radius 3 is 1.59 bits per heavy atom. The quantitative estimate of drug-likeness (QED) is 0.362. The van der Waals surface area contributed by atoms with Gasteiger partial charge in [0.2, 0.25) is 11.8 Å². The van der Waals surface area contributed by atoms with Crippen molar-refractivity contribution in [1.82, 2.24) is 10.9 Å².